The fourth-order valence-corrected chi connectivity index (χ4v) is 3.26. The molecule has 0 fully saturated rings. The molecule has 0 aliphatic carbocycles. The summed E-state index contributed by atoms with van der Waals surface area (Å²) in [7, 11) is 0. The number of nitrogens with one attached hydrogen (secondary N) is 1. The number of aromatic nitrogens is 3. The van der Waals surface area contributed by atoms with Crippen molar-refractivity contribution in [2.24, 2.45) is 0 Å². The van der Waals surface area contributed by atoms with Crippen molar-refractivity contribution >= 4 is 22.9 Å². The predicted molar refractivity (Wildman–Crippen MR) is 92.2 cm³/mol. The number of hydrogen-bond acceptors (Lipinski definition) is 4. The predicted octanol–water partition coefficient (Wildman–Crippen LogP) is 3.57. The maximum absolute atomic E-state index is 12.9. The van der Waals surface area contributed by atoms with Crippen molar-refractivity contribution in [1.82, 2.24) is 14.8 Å². The molecular weight excluding hydrogens is 327 g/mol. The Morgan fingerprint density at radius 2 is 1.96 bits per heavy atom. The van der Waals surface area contributed by atoms with E-state index in [-0.39, 0.29) is 18.1 Å². The van der Waals surface area contributed by atoms with E-state index in [0.29, 0.717) is 5.69 Å². The molecule has 0 aliphatic heterocycles. The third-order valence-corrected chi connectivity index (χ3v) is 4.63. The minimum Gasteiger partial charge on any atom is -0.326 e. The Kier molecular flexibility index (Phi) is 4.44. The summed E-state index contributed by atoms with van der Waals surface area (Å²) in [5.41, 5.74) is 4.09. The number of thiazole rings is 1. The molecule has 0 spiro atoms. The lowest BCUT2D eigenvalue weighted by atomic mass is 10.1. The Hall–Kier alpha value is -2.54. The van der Waals surface area contributed by atoms with E-state index in [1.54, 1.807) is 4.68 Å². The van der Waals surface area contributed by atoms with Crippen LogP contribution in [-0.4, -0.2) is 20.7 Å². The average molecular weight is 344 g/mol. The van der Waals surface area contributed by atoms with Crippen LogP contribution in [0.3, 0.4) is 0 Å². The van der Waals surface area contributed by atoms with Crippen molar-refractivity contribution in [3.8, 4) is 5.13 Å². The molecule has 5 nitrogen and oxygen atoms in total. The number of benzene rings is 1. The molecule has 3 aromatic rings. The Bertz CT molecular complexity index is 883. The molecule has 0 bridgehead atoms. The Morgan fingerprint density at radius 1 is 1.25 bits per heavy atom. The van der Waals surface area contributed by atoms with E-state index in [2.05, 4.69) is 15.4 Å². The Morgan fingerprint density at radius 3 is 2.58 bits per heavy atom. The lowest BCUT2D eigenvalue weighted by Gasteiger charge is -2.06. The van der Waals surface area contributed by atoms with E-state index >= 15 is 0 Å². The van der Waals surface area contributed by atoms with Gasteiger partial charge in [-0.1, -0.05) is 0 Å². The normalized spacial score (nSPS) is 10.8. The summed E-state index contributed by atoms with van der Waals surface area (Å²) in [6.45, 7) is 5.74. The van der Waals surface area contributed by atoms with Gasteiger partial charge in [0.25, 0.3) is 0 Å². The van der Waals surface area contributed by atoms with Crippen molar-refractivity contribution < 1.29 is 9.18 Å². The fraction of sp³-hybridized carbons (Fsp3) is 0.235. The van der Waals surface area contributed by atoms with Crippen LogP contribution in [0.5, 0.6) is 0 Å². The van der Waals surface area contributed by atoms with Crippen LogP contribution in [0, 0.1) is 26.6 Å². The molecule has 0 saturated carbocycles. The van der Waals surface area contributed by atoms with Gasteiger partial charge in [-0.05, 0) is 45.0 Å². The second kappa shape index (κ2) is 6.52. The highest BCUT2D eigenvalue weighted by molar-refractivity contribution is 7.12. The first-order valence-electron chi connectivity index (χ1n) is 7.47. The van der Waals surface area contributed by atoms with Crippen molar-refractivity contribution in [3.05, 3.63) is 58.1 Å². The van der Waals surface area contributed by atoms with Gasteiger partial charge in [-0.25, -0.2) is 14.1 Å². The van der Waals surface area contributed by atoms with Gasteiger partial charge in [0.15, 0.2) is 0 Å². The van der Waals surface area contributed by atoms with Gasteiger partial charge in [0.2, 0.25) is 11.0 Å². The van der Waals surface area contributed by atoms with Gasteiger partial charge in [-0.3, -0.25) is 4.79 Å². The highest BCUT2D eigenvalue weighted by Gasteiger charge is 2.17. The number of carbonyl (C=O) groups is 1. The SMILES string of the molecule is Cc1csc(-n2nc(C)c(CC(=O)Nc3ccc(F)cc3)c2C)n1. The Labute approximate surface area is 143 Å². The van der Waals surface area contributed by atoms with Gasteiger partial charge in [-0.2, -0.15) is 5.10 Å². The summed E-state index contributed by atoms with van der Waals surface area (Å²) in [6.07, 6.45) is 0.208. The van der Waals surface area contributed by atoms with Gasteiger partial charge in [0.1, 0.15) is 5.82 Å². The monoisotopic (exact) mass is 344 g/mol. The molecule has 0 saturated heterocycles. The molecule has 1 amide bonds. The summed E-state index contributed by atoms with van der Waals surface area (Å²) < 4.78 is 14.7. The molecule has 2 heterocycles. The summed E-state index contributed by atoms with van der Waals surface area (Å²) in [6, 6.07) is 5.70. The highest BCUT2D eigenvalue weighted by Crippen LogP contribution is 2.21. The molecule has 0 atom stereocenters. The van der Waals surface area contributed by atoms with Gasteiger partial charge in [0.05, 0.1) is 17.8 Å². The summed E-state index contributed by atoms with van der Waals surface area (Å²) >= 11 is 1.51. The lowest BCUT2D eigenvalue weighted by molar-refractivity contribution is -0.115. The number of nitrogens with zero attached hydrogens (tertiary/aromatic N) is 3. The van der Waals surface area contributed by atoms with E-state index in [0.717, 1.165) is 27.8 Å². The Balaban J connectivity index is 1.78. The largest absolute Gasteiger partial charge is 0.326 e. The smallest absolute Gasteiger partial charge is 0.228 e. The molecule has 24 heavy (non-hydrogen) atoms. The van der Waals surface area contributed by atoms with Crippen LogP contribution in [0.1, 0.15) is 22.6 Å². The van der Waals surface area contributed by atoms with Crippen LogP contribution in [0.2, 0.25) is 0 Å². The molecule has 3 rings (SSSR count). The molecule has 0 aliphatic rings. The van der Waals surface area contributed by atoms with Crippen molar-refractivity contribution in [2.75, 3.05) is 5.32 Å². The number of aryl methyl sites for hydroxylation is 2. The first-order valence-corrected chi connectivity index (χ1v) is 8.35. The average Bonchev–Trinajstić information content (AvgIpc) is 3.08. The van der Waals surface area contributed by atoms with Crippen LogP contribution in [-0.2, 0) is 11.2 Å². The standard InChI is InChI=1S/C17H17FN4OS/c1-10-9-24-17(19-10)22-12(3)15(11(2)21-22)8-16(23)20-14-6-4-13(18)5-7-14/h4-7,9H,8H2,1-3H3,(H,20,23). The maximum atomic E-state index is 12.9. The van der Waals surface area contributed by atoms with E-state index in [4.69, 9.17) is 0 Å². The molecule has 2 aromatic heterocycles. The number of hydrogen-bond donors (Lipinski definition) is 1. The number of rotatable bonds is 4. The number of amides is 1. The molecule has 0 unspecified atom stereocenters. The van der Waals surface area contributed by atoms with E-state index in [1.165, 1.54) is 35.6 Å². The van der Waals surface area contributed by atoms with E-state index in [1.807, 2.05) is 26.2 Å². The number of anilines is 1. The third-order valence-electron chi connectivity index (χ3n) is 3.69. The lowest BCUT2D eigenvalue weighted by Crippen LogP contribution is -2.15. The summed E-state index contributed by atoms with van der Waals surface area (Å²) in [5.74, 6) is -0.498. The van der Waals surface area contributed by atoms with E-state index in [9.17, 15) is 9.18 Å². The molecule has 0 radical (unpaired) electrons. The zero-order valence-electron chi connectivity index (χ0n) is 13.6. The molecule has 1 N–H and O–H groups in total. The van der Waals surface area contributed by atoms with Gasteiger partial charge in [0, 0.05) is 22.3 Å². The van der Waals surface area contributed by atoms with Crippen molar-refractivity contribution in [1.29, 1.82) is 0 Å². The van der Waals surface area contributed by atoms with Gasteiger partial charge in [-0.15, -0.1) is 11.3 Å². The summed E-state index contributed by atoms with van der Waals surface area (Å²) in [5, 5.41) is 10.0. The zero-order valence-corrected chi connectivity index (χ0v) is 14.4. The minimum absolute atomic E-state index is 0.164. The van der Waals surface area contributed by atoms with Gasteiger partial charge >= 0.3 is 0 Å². The first-order chi connectivity index (χ1) is 11.4. The van der Waals surface area contributed by atoms with Crippen molar-refractivity contribution in [3.63, 3.8) is 0 Å². The van der Waals surface area contributed by atoms with Crippen LogP contribution >= 0.6 is 11.3 Å². The first kappa shape index (κ1) is 16.3. The third kappa shape index (κ3) is 3.35. The minimum atomic E-state index is -0.334. The molecule has 1 aromatic carbocycles. The maximum Gasteiger partial charge on any atom is 0.228 e. The zero-order chi connectivity index (χ0) is 17.3. The number of carbonyl (C=O) groups excluding carboxylic acids is 1. The molecule has 124 valence electrons. The van der Waals surface area contributed by atoms with Crippen LogP contribution in [0.4, 0.5) is 10.1 Å². The topological polar surface area (TPSA) is 59.8 Å². The van der Waals surface area contributed by atoms with Crippen LogP contribution in [0.15, 0.2) is 29.6 Å². The second-order valence-electron chi connectivity index (χ2n) is 5.56. The van der Waals surface area contributed by atoms with E-state index < -0.39 is 0 Å². The highest BCUT2D eigenvalue weighted by atomic mass is 32.1. The van der Waals surface area contributed by atoms with Gasteiger partial charge < -0.3 is 5.32 Å². The second-order valence-corrected chi connectivity index (χ2v) is 6.40. The molecular formula is C17H17FN4OS. The van der Waals surface area contributed by atoms with Crippen LogP contribution in [0.25, 0.3) is 5.13 Å². The number of halogens is 1. The fourth-order valence-electron chi connectivity index (χ4n) is 2.45. The van der Waals surface area contributed by atoms with Crippen molar-refractivity contribution in [2.45, 2.75) is 27.2 Å². The molecule has 7 heteroatoms. The quantitative estimate of drug-likeness (QED) is 0.787. The summed E-state index contributed by atoms with van der Waals surface area (Å²) in [4.78, 5) is 16.7. The van der Waals surface area contributed by atoms with Crippen LogP contribution < -0.4 is 5.32 Å².